The first-order valence-electron chi connectivity index (χ1n) is 3.79. The summed E-state index contributed by atoms with van der Waals surface area (Å²) < 4.78 is 0. The van der Waals surface area contributed by atoms with Crippen molar-refractivity contribution >= 4 is 5.71 Å². The molecule has 1 rings (SSSR count). The van der Waals surface area contributed by atoms with Crippen LogP contribution in [0.5, 0.6) is 0 Å². The van der Waals surface area contributed by atoms with Gasteiger partial charge in [0.2, 0.25) is 0 Å². The van der Waals surface area contributed by atoms with Crippen molar-refractivity contribution in [1.82, 2.24) is 4.90 Å². The molecule has 0 unspecified atom stereocenters. The Labute approximate surface area is 66.4 Å². The molecular weight excluding hydrogens is 144 g/mol. The van der Waals surface area contributed by atoms with E-state index < -0.39 is 0 Å². The standard InChI is InChI=1S/C7H14N2O2/c1-11-8-7-2-3-9(6-7)4-5-10/h10H,2-6H2,1H3/b8-7+. The fraction of sp³-hybridized carbons (Fsp3) is 0.857. The summed E-state index contributed by atoms with van der Waals surface area (Å²) in [4.78, 5) is 6.80. The Balaban J connectivity index is 2.28. The minimum atomic E-state index is 0.222. The Kier molecular flexibility index (Phi) is 3.32. The summed E-state index contributed by atoms with van der Waals surface area (Å²) in [6.45, 7) is 2.79. The molecule has 0 spiro atoms. The molecule has 0 aromatic rings. The van der Waals surface area contributed by atoms with Crippen molar-refractivity contribution in [2.45, 2.75) is 6.42 Å². The molecule has 1 aliphatic rings. The third-order valence-corrected chi connectivity index (χ3v) is 1.76. The van der Waals surface area contributed by atoms with Gasteiger partial charge in [0.15, 0.2) is 0 Å². The number of hydrogen-bond acceptors (Lipinski definition) is 4. The van der Waals surface area contributed by atoms with Crippen molar-refractivity contribution in [1.29, 1.82) is 0 Å². The summed E-state index contributed by atoms with van der Waals surface area (Å²) in [5, 5.41) is 12.5. The molecule has 4 nitrogen and oxygen atoms in total. The van der Waals surface area contributed by atoms with Gasteiger partial charge in [0, 0.05) is 26.1 Å². The van der Waals surface area contributed by atoms with Gasteiger partial charge in [-0.3, -0.25) is 4.90 Å². The number of likely N-dealkylation sites (tertiary alicyclic amines) is 1. The summed E-state index contributed by atoms with van der Waals surface area (Å²) >= 11 is 0. The maximum atomic E-state index is 8.63. The van der Waals surface area contributed by atoms with Crippen LogP contribution in [0.25, 0.3) is 0 Å². The van der Waals surface area contributed by atoms with Gasteiger partial charge >= 0.3 is 0 Å². The van der Waals surface area contributed by atoms with E-state index in [0.29, 0.717) is 0 Å². The number of oxime groups is 1. The average Bonchev–Trinajstić information content (AvgIpc) is 2.38. The number of aliphatic hydroxyl groups excluding tert-OH is 1. The van der Waals surface area contributed by atoms with Gasteiger partial charge < -0.3 is 9.94 Å². The van der Waals surface area contributed by atoms with E-state index >= 15 is 0 Å². The number of rotatable bonds is 3. The minimum Gasteiger partial charge on any atom is -0.399 e. The highest BCUT2D eigenvalue weighted by Crippen LogP contribution is 2.04. The Morgan fingerprint density at radius 1 is 1.73 bits per heavy atom. The second-order valence-corrected chi connectivity index (χ2v) is 2.59. The number of nitrogens with zero attached hydrogens (tertiary/aromatic N) is 2. The molecular formula is C7H14N2O2. The van der Waals surface area contributed by atoms with Crippen LogP contribution in [0.15, 0.2) is 5.16 Å². The highest BCUT2D eigenvalue weighted by atomic mass is 16.6. The predicted octanol–water partition coefficient (Wildman–Crippen LogP) is -0.313. The molecule has 1 fully saturated rings. The number of aliphatic hydroxyl groups is 1. The maximum Gasteiger partial charge on any atom is 0.106 e. The summed E-state index contributed by atoms with van der Waals surface area (Å²) in [5.41, 5.74) is 1.07. The molecule has 1 heterocycles. The average molecular weight is 158 g/mol. The van der Waals surface area contributed by atoms with E-state index in [2.05, 4.69) is 14.9 Å². The molecule has 0 atom stereocenters. The van der Waals surface area contributed by atoms with E-state index in [4.69, 9.17) is 5.11 Å². The van der Waals surface area contributed by atoms with Crippen LogP contribution in [-0.2, 0) is 4.84 Å². The molecule has 0 aromatic carbocycles. The fourth-order valence-electron chi connectivity index (χ4n) is 1.24. The number of β-amino-alcohol motifs (C(OH)–C–C–N with tert-alkyl or cyclic N) is 1. The topological polar surface area (TPSA) is 45.1 Å². The first-order valence-corrected chi connectivity index (χ1v) is 3.79. The lowest BCUT2D eigenvalue weighted by Crippen LogP contribution is -2.24. The molecule has 0 amide bonds. The zero-order valence-corrected chi connectivity index (χ0v) is 6.79. The van der Waals surface area contributed by atoms with Crippen molar-refractivity contribution in [3.63, 3.8) is 0 Å². The molecule has 0 aliphatic carbocycles. The first-order chi connectivity index (χ1) is 5.36. The van der Waals surface area contributed by atoms with E-state index in [1.54, 1.807) is 7.11 Å². The van der Waals surface area contributed by atoms with Crippen LogP contribution in [-0.4, -0.2) is 49.1 Å². The molecule has 4 heteroatoms. The number of hydrogen-bond donors (Lipinski definition) is 1. The summed E-state index contributed by atoms with van der Waals surface area (Å²) in [6, 6.07) is 0. The van der Waals surface area contributed by atoms with Crippen molar-refractivity contribution in [2.75, 3.05) is 33.4 Å². The van der Waals surface area contributed by atoms with E-state index in [-0.39, 0.29) is 6.61 Å². The summed E-state index contributed by atoms with van der Waals surface area (Å²) in [7, 11) is 1.56. The summed E-state index contributed by atoms with van der Waals surface area (Å²) in [6.07, 6.45) is 0.966. The van der Waals surface area contributed by atoms with Crippen molar-refractivity contribution in [3.05, 3.63) is 0 Å². The van der Waals surface area contributed by atoms with Crippen LogP contribution in [0.1, 0.15) is 6.42 Å². The Morgan fingerprint density at radius 3 is 3.18 bits per heavy atom. The molecule has 1 N–H and O–H groups in total. The molecule has 0 saturated carbocycles. The van der Waals surface area contributed by atoms with E-state index in [1.807, 2.05) is 0 Å². The minimum absolute atomic E-state index is 0.222. The zero-order valence-electron chi connectivity index (χ0n) is 6.79. The molecule has 0 radical (unpaired) electrons. The molecule has 1 saturated heterocycles. The van der Waals surface area contributed by atoms with Crippen molar-refractivity contribution in [2.24, 2.45) is 5.16 Å². The van der Waals surface area contributed by atoms with Crippen LogP contribution >= 0.6 is 0 Å². The lowest BCUT2D eigenvalue weighted by Gasteiger charge is -2.10. The highest BCUT2D eigenvalue weighted by molar-refractivity contribution is 5.87. The third kappa shape index (κ3) is 2.48. The van der Waals surface area contributed by atoms with Crippen LogP contribution in [0.2, 0.25) is 0 Å². The van der Waals surface area contributed by atoms with Crippen LogP contribution in [0.4, 0.5) is 0 Å². The molecule has 64 valence electrons. The molecule has 0 bridgehead atoms. The predicted molar refractivity (Wildman–Crippen MR) is 42.6 cm³/mol. The van der Waals surface area contributed by atoms with Crippen molar-refractivity contribution in [3.8, 4) is 0 Å². The molecule has 11 heavy (non-hydrogen) atoms. The van der Waals surface area contributed by atoms with Gasteiger partial charge in [-0.05, 0) is 0 Å². The van der Waals surface area contributed by atoms with Crippen LogP contribution in [0, 0.1) is 0 Å². The Bertz CT molecular complexity index is 147. The summed E-state index contributed by atoms with van der Waals surface area (Å²) in [5.74, 6) is 0. The lowest BCUT2D eigenvalue weighted by atomic mass is 10.3. The van der Waals surface area contributed by atoms with Gasteiger partial charge in [0.25, 0.3) is 0 Å². The smallest absolute Gasteiger partial charge is 0.106 e. The first kappa shape index (κ1) is 8.49. The Morgan fingerprint density at radius 2 is 2.55 bits per heavy atom. The monoisotopic (exact) mass is 158 g/mol. The van der Waals surface area contributed by atoms with E-state index in [9.17, 15) is 0 Å². The second-order valence-electron chi connectivity index (χ2n) is 2.59. The van der Waals surface area contributed by atoms with Crippen LogP contribution < -0.4 is 0 Å². The largest absolute Gasteiger partial charge is 0.399 e. The normalized spacial score (nSPS) is 22.9. The van der Waals surface area contributed by atoms with Gasteiger partial charge in [-0.15, -0.1) is 0 Å². The SMILES string of the molecule is CO/N=C1\CCN(CCO)C1. The fourth-order valence-corrected chi connectivity index (χ4v) is 1.24. The quantitative estimate of drug-likeness (QED) is 0.573. The van der Waals surface area contributed by atoms with Crippen molar-refractivity contribution < 1.29 is 9.94 Å². The van der Waals surface area contributed by atoms with Gasteiger partial charge in [-0.1, -0.05) is 5.16 Å². The van der Waals surface area contributed by atoms with Gasteiger partial charge in [0.1, 0.15) is 7.11 Å². The Hall–Kier alpha value is -0.610. The third-order valence-electron chi connectivity index (χ3n) is 1.76. The lowest BCUT2D eigenvalue weighted by molar-refractivity contribution is 0.210. The van der Waals surface area contributed by atoms with Gasteiger partial charge in [-0.25, -0.2) is 0 Å². The maximum absolute atomic E-state index is 8.63. The van der Waals surface area contributed by atoms with Gasteiger partial charge in [0.05, 0.1) is 12.3 Å². The van der Waals surface area contributed by atoms with Crippen LogP contribution in [0.3, 0.4) is 0 Å². The highest BCUT2D eigenvalue weighted by Gasteiger charge is 2.16. The second kappa shape index (κ2) is 4.31. The molecule has 1 aliphatic heterocycles. The zero-order chi connectivity index (χ0) is 8.10. The van der Waals surface area contributed by atoms with Gasteiger partial charge in [-0.2, -0.15) is 0 Å². The molecule has 0 aromatic heterocycles. The van der Waals surface area contributed by atoms with E-state index in [0.717, 1.165) is 31.8 Å². The van der Waals surface area contributed by atoms with E-state index in [1.165, 1.54) is 0 Å².